The Labute approximate surface area is 105 Å². The first-order valence-corrected chi connectivity index (χ1v) is 5.96. The van der Waals surface area contributed by atoms with Crippen LogP contribution in [-0.4, -0.2) is 18.3 Å². The minimum atomic E-state index is -0.716. The molecule has 0 amide bonds. The lowest BCUT2D eigenvalue weighted by atomic mass is 9.96. The summed E-state index contributed by atoms with van der Waals surface area (Å²) in [6, 6.07) is 1.57. The predicted octanol–water partition coefficient (Wildman–Crippen LogP) is 2.46. The fraction of sp³-hybridized carbons (Fsp3) is 0.500. The molecule has 0 saturated heterocycles. The van der Waals surface area contributed by atoms with Crippen LogP contribution in [0.2, 0.25) is 0 Å². The van der Waals surface area contributed by atoms with E-state index in [-0.39, 0.29) is 6.04 Å². The number of methoxy groups -OCH3 is 1. The first-order chi connectivity index (χ1) is 7.40. The predicted molar refractivity (Wildman–Crippen MR) is 68.8 cm³/mol. The first kappa shape index (κ1) is 13.5. The van der Waals surface area contributed by atoms with Crippen LogP contribution in [-0.2, 0) is 0 Å². The quantitative estimate of drug-likeness (QED) is 0.898. The normalized spacial score (nSPS) is 14.7. The number of hydrogen-bond donors (Lipinski definition) is 2. The molecule has 3 N–H and O–H groups in total. The van der Waals surface area contributed by atoms with Crippen LogP contribution in [0.3, 0.4) is 0 Å². The van der Waals surface area contributed by atoms with E-state index in [9.17, 15) is 5.11 Å². The third kappa shape index (κ3) is 2.39. The van der Waals surface area contributed by atoms with Gasteiger partial charge in [-0.15, -0.1) is 0 Å². The summed E-state index contributed by atoms with van der Waals surface area (Å²) >= 11 is 3.50. The molecule has 1 aromatic rings. The Balaban J connectivity index is 3.41. The van der Waals surface area contributed by atoms with Gasteiger partial charge in [0, 0.05) is 16.1 Å². The third-order valence-corrected chi connectivity index (χ3v) is 3.93. The highest BCUT2D eigenvalue weighted by molar-refractivity contribution is 9.10. The van der Waals surface area contributed by atoms with E-state index < -0.39 is 6.10 Å². The summed E-state index contributed by atoms with van der Waals surface area (Å²) in [6.07, 6.45) is -0.716. The number of aliphatic hydroxyl groups excluding tert-OH is 1. The largest absolute Gasteiger partial charge is 0.496 e. The van der Waals surface area contributed by atoms with E-state index in [2.05, 4.69) is 15.9 Å². The number of ether oxygens (including phenoxy) is 1. The average Bonchev–Trinajstić information content (AvgIpc) is 2.24. The third-order valence-electron chi connectivity index (χ3n) is 2.71. The Morgan fingerprint density at radius 3 is 2.44 bits per heavy atom. The molecule has 0 saturated carbocycles. The van der Waals surface area contributed by atoms with Gasteiger partial charge in [0.15, 0.2) is 0 Å². The van der Waals surface area contributed by atoms with Crippen LogP contribution in [0.15, 0.2) is 10.5 Å². The zero-order chi connectivity index (χ0) is 12.5. The van der Waals surface area contributed by atoms with Crippen molar-refractivity contribution in [3.8, 4) is 5.75 Å². The van der Waals surface area contributed by atoms with E-state index in [1.54, 1.807) is 14.0 Å². The fourth-order valence-electron chi connectivity index (χ4n) is 1.74. The number of nitrogens with two attached hydrogens (primary N) is 1. The molecule has 0 heterocycles. The molecule has 2 atom stereocenters. The second-order valence-electron chi connectivity index (χ2n) is 4.05. The highest BCUT2D eigenvalue weighted by Gasteiger charge is 2.22. The monoisotopic (exact) mass is 287 g/mol. The molecule has 1 aromatic carbocycles. The van der Waals surface area contributed by atoms with Crippen molar-refractivity contribution in [2.24, 2.45) is 5.73 Å². The van der Waals surface area contributed by atoms with Crippen molar-refractivity contribution in [3.63, 3.8) is 0 Å². The van der Waals surface area contributed by atoms with Gasteiger partial charge in [0.05, 0.1) is 13.2 Å². The number of rotatable bonds is 3. The highest BCUT2D eigenvalue weighted by atomic mass is 79.9. The molecule has 0 fully saturated rings. The Hall–Kier alpha value is -0.580. The average molecular weight is 288 g/mol. The molecule has 0 aliphatic heterocycles. The van der Waals surface area contributed by atoms with Gasteiger partial charge in [-0.2, -0.15) is 0 Å². The Morgan fingerprint density at radius 2 is 2.00 bits per heavy atom. The minimum absolute atomic E-state index is 0.331. The second-order valence-corrected chi connectivity index (χ2v) is 4.85. The Morgan fingerprint density at radius 1 is 1.44 bits per heavy atom. The van der Waals surface area contributed by atoms with Gasteiger partial charge in [0.2, 0.25) is 0 Å². The van der Waals surface area contributed by atoms with E-state index in [4.69, 9.17) is 10.5 Å². The maximum atomic E-state index is 10.1. The van der Waals surface area contributed by atoms with Crippen molar-refractivity contribution in [2.45, 2.75) is 32.9 Å². The molecule has 0 radical (unpaired) electrons. The van der Waals surface area contributed by atoms with E-state index in [1.165, 1.54) is 0 Å². The Bertz CT molecular complexity index is 391. The molecule has 90 valence electrons. The van der Waals surface area contributed by atoms with Gasteiger partial charge in [-0.05, 0) is 38.0 Å². The standard InChI is InChI=1S/C12H18BrNO2/c1-6-5-9(16-4)10(7(2)11(6)13)12(15)8(3)14/h5,8,12,15H,14H2,1-4H3. The van der Waals surface area contributed by atoms with Crippen molar-refractivity contribution < 1.29 is 9.84 Å². The van der Waals surface area contributed by atoms with Gasteiger partial charge in [-0.3, -0.25) is 0 Å². The van der Waals surface area contributed by atoms with Gasteiger partial charge in [0.25, 0.3) is 0 Å². The van der Waals surface area contributed by atoms with Crippen LogP contribution in [0, 0.1) is 13.8 Å². The summed E-state index contributed by atoms with van der Waals surface area (Å²) in [6.45, 7) is 5.71. The number of halogens is 1. The summed E-state index contributed by atoms with van der Waals surface area (Å²) in [4.78, 5) is 0. The van der Waals surface area contributed by atoms with Gasteiger partial charge >= 0.3 is 0 Å². The lowest BCUT2D eigenvalue weighted by molar-refractivity contribution is 0.148. The zero-order valence-electron chi connectivity index (χ0n) is 10.0. The van der Waals surface area contributed by atoms with Gasteiger partial charge < -0.3 is 15.6 Å². The van der Waals surface area contributed by atoms with Crippen molar-refractivity contribution >= 4 is 15.9 Å². The van der Waals surface area contributed by atoms with Crippen LogP contribution in [0.5, 0.6) is 5.75 Å². The molecule has 4 heteroatoms. The van der Waals surface area contributed by atoms with Crippen LogP contribution < -0.4 is 10.5 Å². The summed E-state index contributed by atoms with van der Waals surface area (Å²) in [5, 5.41) is 10.1. The molecular weight excluding hydrogens is 270 g/mol. The van der Waals surface area contributed by atoms with E-state index in [0.29, 0.717) is 5.75 Å². The van der Waals surface area contributed by atoms with Crippen molar-refractivity contribution in [1.29, 1.82) is 0 Å². The molecule has 0 aliphatic carbocycles. The summed E-state index contributed by atoms with van der Waals surface area (Å²) in [5.41, 5.74) is 8.54. The molecule has 16 heavy (non-hydrogen) atoms. The maximum Gasteiger partial charge on any atom is 0.125 e. The van der Waals surface area contributed by atoms with E-state index in [1.807, 2.05) is 19.9 Å². The second kappa shape index (κ2) is 5.17. The molecule has 0 spiro atoms. The number of benzene rings is 1. The smallest absolute Gasteiger partial charge is 0.125 e. The molecule has 2 unspecified atom stereocenters. The molecule has 1 rings (SSSR count). The lowest BCUT2D eigenvalue weighted by Gasteiger charge is -2.22. The molecule has 0 aromatic heterocycles. The van der Waals surface area contributed by atoms with Crippen LogP contribution >= 0.6 is 15.9 Å². The fourth-order valence-corrected chi connectivity index (χ4v) is 2.06. The number of aliphatic hydroxyl groups is 1. The van der Waals surface area contributed by atoms with Gasteiger partial charge in [-0.25, -0.2) is 0 Å². The SMILES string of the molecule is COc1cc(C)c(Br)c(C)c1C(O)C(C)N. The Kier molecular flexibility index (Phi) is 4.35. The summed E-state index contributed by atoms with van der Waals surface area (Å²) in [7, 11) is 1.60. The summed E-state index contributed by atoms with van der Waals surface area (Å²) < 4.78 is 6.29. The van der Waals surface area contributed by atoms with Gasteiger partial charge in [0.1, 0.15) is 5.75 Å². The highest BCUT2D eigenvalue weighted by Crippen LogP contribution is 2.36. The van der Waals surface area contributed by atoms with E-state index in [0.717, 1.165) is 21.2 Å². The number of aryl methyl sites for hydroxylation is 1. The van der Waals surface area contributed by atoms with Gasteiger partial charge in [-0.1, -0.05) is 15.9 Å². The maximum absolute atomic E-state index is 10.1. The first-order valence-electron chi connectivity index (χ1n) is 5.17. The molecule has 0 bridgehead atoms. The van der Waals surface area contributed by atoms with Crippen molar-refractivity contribution in [3.05, 3.63) is 27.2 Å². The number of hydrogen-bond acceptors (Lipinski definition) is 3. The lowest BCUT2D eigenvalue weighted by Crippen LogP contribution is -2.25. The molecule has 3 nitrogen and oxygen atoms in total. The van der Waals surface area contributed by atoms with Crippen LogP contribution in [0.25, 0.3) is 0 Å². The van der Waals surface area contributed by atoms with Crippen molar-refractivity contribution in [1.82, 2.24) is 0 Å². The molecular formula is C12H18BrNO2. The minimum Gasteiger partial charge on any atom is -0.496 e. The zero-order valence-corrected chi connectivity index (χ0v) is 11.6. The van der Waals surface area contributed by atoms with Crippen LogP contribution in [0.4, 0.5) is 0 Å². The topological polar surface area (TPSA) is 55.5 Å². The summed E-state index contributed by atoms with van der Waals surface area (Å²) in [5.74, 6) is 0.683. The van der Waals surface area contributed by atoms with E-state index >= 15 is 0 Å². The van der Waals surface area contributed by atoms with Crippen molar-refractivity contribution in [2.75, 3.05) is 7.11 Å². The molecule has 0 aliphatic rings. The van der Waals surface area contributed by atoms with Crippen LogP contribution in [0.1, 0.15) is 29.7 Å².